The lowest BCUT2D eigenvalue weighted by atomic mass is 9.95. The fourth-order valence-electron chi connectivity index (χ4n) is 1.53. The number of carbonyl (C=O) groups is 1. The quantitative estimate of drug-likeness (QED) is 0.723. The van der Waals surface area contributed by atoms with Crippen molar-refractivity contribution in [1.82, 2.24) is 5.32 Å². The number of aliphatic hydroxyl groups is 1. The Morgan fingerprint density at radius 2 is 2.17 bits per heavy atom. The number of amides is 1. The number of hydrogen-bond donors (Lipinski definition) is 2. The van der Waals surface area contributed by atoms with Crippen LogP contribution in [0.3, 0.4) is 0 Å². The lowest BCUT2D eigenvalue weighted by Gasteiger charge is -2.21. The van der Waals surface area contributed by atoms with Crippen LogP contribution in [0.4, 0.5) is 0 Å². The molecule has 1 aliphatic heterocycles. The van der Waals surface area contributed by atoms with E-state index in [1.54, 1.807) is 0 Å². The van der Waals surface area contributed by atoms with Crippen molar-refractivity contribution in [1.29, 1.82) is 0 Å². The van der Waals surface area contributed by atoms with E-state index in [1.807, 2.05) is 13.8 Å². The molecule has 1 atom stereocenters. The Labute approximate surface area is 113 Å². The van der Waals surface area contributed by atoms with Crippen molar-refractivity contribution in [2.24, 2.45) is 5.41 Å². The normalized spacial score (nSPS) is 22.9. The first-order valence-electron chi connectivity index (χ1n) is 5.94. The van der Waals surface area contributed by atoms with Crippen LogP contribution >= 0.6 is 11.8 Å². The minimum absolute atomic E-state index is 0.0152. The molecule has 0 aromatic rings. The zero-order valence-corrected chi connectivity index (χ0v) is 12.4. The summed E-state index contributed by atoms with van der Waals surface area (Å²) in [5.74, 6) is 0.601. The smallest absolute Gasteiger partial charge is 0.230 e. The summed E-state index contributed by atoms with van der Waals surface area (Å²) in [6, 6.07) is 0. The Morgan fingerprint density at radius 3 is 2.67 bits per heavy atom. The van der Waals surface area contributed by atoms with Gasteiger partial charge < -0.3 is 10.4 Å². The molecule has 1 saturated heterocycles. The number of aliphatic hydroxyl groups excluding tert-OH is 1. The molecule has 0 aromatic carbocycles. The Balaban J connectivity index is 2.22. The van der Waals surface area contributed by atoms with Gasteiger partial charge in [0.1, 0.15) is 0 Å². The molecule has 106 valence electrons. The number of hydrogen-bond acceptors (Lipinski definition) is 5. The Kier molecular flexibility index (Phi) is 5.48. The second-order valence-electron chi connectivity index (χ2n) is 5.44. The maximum Gasteiger partial charge on any atom is 0.230 e. The first-order valence-corrected chi connectivity index (χ1v) is 8.81. The lowest BCUT2D eigenvalue weighted by molar-refractivity contribution is -0.119. The molecule has 0 spiro atoms. The van der Waals surface area contributed by atoms with Gasteiger partial charge in [-0.25, -0.2) is 8.42 Å². The van der Waals surface area contributed by atoms with E-state index in [2.05, 4.69) is 5.32 Å². The third kappa shape index (κ3) is 5.58. The fourth-order valence-corrected chi connectivity index (χ4v) is 5.00. The Hall–Kier alpha value is -0.270. The highest BCUT2D eigenvalue weighted by molar-refractivity contribution is 8.02. The molecule has 7 heteroatoms. The fraction of sp³-hybridized carbons (Fsp3) is 0.909. The topological polar surface area (TPSA) is 83.5 Å². The molecule has 1 heterocycles. The van der Waals surface area contributed by atoms with Crippen LogP contribution in [0.15, 0.2) is 0 Å². The molecule has 1 fully saturated rings. The van der Waals surface area contributed by atoms with Gasteiger partial charge in [-0.05, 0) is 6.42 Å². The van der Waals surface area contributed by atoms with Crippen molar-refractivity contribution in [3.63, 3.8) is 0 Å². The van der Waals surface area contributed by atoms with Gasteiger partial charge in [0.2, 0.25) is 5.91 Å². The van der Waals surface area contributed by atoms with Gasteiger partial charge in [0.05, 0.1) is 17.3 Å². The van der Waals surface area contributed by atoms with Gasteiger partial charge in [-0.3, -0.25) is 4.79 Å². The van der Waals surface area contributed by atoms with Gasteiger partial charge in [0, 0.05) is 23.8 Å². The summed E-state index contributed by atoms with van der Waals surface area (Å²) in [7, 11) is -2.87. The Bertz CT molecular complexity index is 392. The van der Waals surface area contributed by atoms with Crippen LogP contribution in [0.2, 0.25) is 0 Å². The molecule has 18 heavy (non-hydrogen) atoms. The van der Waals surface area contributed by atoms with E-state index in [4.69, 9.17) is 5.11 Å². The van der Waals surface area contributed by atoms with Crippen molar-refractivity contribution >= 4 is 27.5 Å². The van der Waals surface area contributed by atoms with Crippen LogP contribution in [0.25, 0.3) is 0 Å². The maximum absolute atomic E-state index is 11.6. The van der Waals surface area contributed by atoms with E-state index in [0.29, 0.717) is 13.0 Å². The molecule has 1 amide bonds. The van der Waals surface area contributed by atoms with E-state index >= 15 is 0 Å². The van der Waals surface area contributed by atoms with Gasteiger partial charge in [0.15, 0.2) is 9.84 Å². The number of carbonyl (C=O) groups excluding carboxylic acids is 1. The van der Waals surface area contributed by atoms with Crippen molar-refractivity contribution in [2.75, 3.05) is 30.4 Å². The maximum atomic E-state index is 11.6. The first kappa shape index (κ1) is 15.8. The highest BCUT2D eigenvalue weighted by atomic mass is 32.2. The summed E-state index contributed by atoms with van der Waals surface area (Å²) in [5, 5.41) is 11.8. The molecule has 1 aliphatic rings. The van der Waals surface area contributed by atoms with Crippen molar-refractivity contribution in [3.8, 4) is 0 Å². The number of thioether (sulfide) groups is 1. The highest BCUT2D eigenvalue weighted by Crippen LogP contribution is 2.24. The molecule has 0 radical (unpaired) electrons. The van der Waals surface area contributed by atoms with Gasteiger partial charge in [-0.15, -0.1) is 11.8 Å². The van der Waals surface area contributed by atoms with Crippen LogP contribution < -0.4 is 5.32 Å². The summed E-state index contributed by atoms with van der Waals surface area (Å²) in [5.41, 5.74) is -0.322. The molecule has 5 nitrogen and oxygen atoms in total. The minimum atomic E-state index is -2.87. The van der Waals surface area contributed by atoms with Crippen molar-refractivity contribution in [2.45, 2.75) is 25.5 Å². The Morgan fingerprint density at radius 1 is 1.50 bits per heavy atom. The highest BCUT2D eigenvalue weighted by Gasteiger charge is 2.28. The third-order valence-corrected chi connectivity index (χ3v) is 6.11. The SMILES string of the molecule is CC(C)(CO)CNC(=O)CSC1CCS(=O)(=O)C1. The molecule has 0 aromatic heterocycles. The molecule has 0 aliphatic carbocycles. The monoisotopic (exact) mass is 295 g/mol. The molecule has 1 rings (SSSR count). The molecule has 0 saturated carbocycles. The summed E-state index contributed by atoms with van der Waals surface area (Å²) in [6.07, 6.45) is 0.641. The molecular weight excluding hydrogens is 274 g/mol. The van der Waals surface area contributed by atoms with Gasteiger partial charge in [0.25, 0.3) is 0 Å². The second kappa shape index (κ2) is 6.25. The summed E-state index contributed by atoms with van der Waals surface area (Å²) in [6.45, 7) is 4.17. The summed E-state index contributed by atoms with van der Waals surface area (Å²) < 4.78 is 22.5. The van der Waals surface area contributed by atoms with E-state index < -0.39 is 9.84 Å². The number of sulfone groups is 1. The second-order valence-corrected chi connectivity index (χ2v) is 8.95. The van der Waals surface area contributed by atoms with Gasteiger partial charge >= 0.3 is 0 Å². The summed E-state index contributed by atoms with van der Waals surface area (Å²) >= 11 is 1.40. The predicted molar refractivity (Wildman–Crippen MR) is 73.4 cm³/mol. The van der Waals surface area contributed by atoms with Crippen molar-refractivity contribution < 1.29 is 18.3 Å². The van der Waals surface area contributed by atoms with Crippen LogP contribution in [-0.4, -0.2) is 55.1 Å². The average Bonchev–Trinajstić information content (AvgIpc) is 2.64. The zero-order chi connectivity index (χ0) is 13.8. The lowest BCUT2D eigenvalue weighted by Crippen LogP contribution is -2.37. The molecule has 0 bridgehead atoms. The summed E-state index contributed by atoms with van der Waals surface area (Å²) in [4.78, 5) is 11.6. The van der Waals surface area contributed by atoms with E-state index in [-0.39, 0.29) is 40.4 Å². The number of nitrogens with one attached hydrogen (secondary N) is 1. The van der Waals surface area contributed by atoms with Gasteiger partial charge in [-0.2, -0.15) is 0 Å². The van der Waals surface area contributed by atoms with E-state index in [9.17, 15) is 13.2 Å². The van der Waals surface area contributed by atoms with Crippen LogP contribution in [-0.2, 0) is 14.6 Å². The average molecular weight is 295 g/mol. The first-order chi connectivity index (χ1) is 8.24. The zero-order valence-electron chi connectivity index (χ0n) is 10.8. The third-order valence-electron chi connectivity index (χ3n) is 2.83. The minimum Gasteiger partial charge on any atom is -0.396 e. The van der Waals surface area contributed by atoms with E-state index in [1.165, 1.54) is 11.8 Å². The van der Waals surface area contributed by atoms with Crippen molar-refractivity contribution in [3.05, 3.63) is 0 Å². The largest absolute Gasteiger partial charge is 0.396 e. The number of rotatable bonds is 6. The standard InChI is InChI=1S/C11H21NO4S2/c1-11(2,8-13)7-12-10(14)5-17-9-3-4-18(15,16)6-9/h9,13H,3-8H2,1-2H3,(H,12,14). The predicted octanol–water partition coefficient (Wildman–Crippen LogP) is 0.0414. The van der Waals surface area contributed by atoms with Gasteiger partial charge in [-0.1, -0.05) is 13.8 Å². The van der Waals surface area contributed by atoms with Crippen LogP contribution in [0, 0.1) is 5.41 Å². The molecule has 2 N–H and O–H groups in total. The van der Waals surface area contributed by atoms with E-state index in [0.717, 1.165) is 0 Å². The van der Waals surface area contributed by atoms with Crippen LogP contribution in [0.5, 0.6) is 0 Å². The van der Waals surface area contributed by atoms with Crippen LogP contribution in [0.1, 0.15) is 20.3 Å². The molecule has 1 unspecified atom stereocenters. The molecular formula is C11H21NO4S2.